The molecular formula is C32H63FO3. The van der Waals surface area contributed by atoms with Gasteiger partial charge in [-0.2, -0.15) is 4.94 Å². The number of aliphatic hydroxyl groups excluding tert-OH is 1. The number of hydrogen-bond donors (Lipinski definition) is 1. The van der Waals surface area contributed by atoms with Crippen LogP contribution in [0.2, 0.25) is 0 Å². The second kappa shape index (κ2) is 23.7. The second-order valence-electron chi connectivity index (χ2n) is 13.3. The van der Waals surface area contributed by atoms with Gasteiger partial charge in [0.1, 0.15) is 12.4 Å². The summed E-state index contributed by atoms with van der Waals surface area (Å²) in [6, 6.07) is 0. The van der Waals surface area contributed by atoms with E-state index in [1.807, 2.05) is 59.8 Å². The summed E-state index contributed by atoms with van der Waals surface area (Å²) in [7, 11) is 0. The molecule has 1 atom stereocenters. The largest absolute Gasteiger partial charge is 0.512 e. The highest BCUT2D eigenvalue weighted by Gasteiger charge is 2.22. The van der Waals surface area contributed by atoms with E-state index >= 15 is 0 Å². The number of carbonyl (C=O) groups excluding carboxylic acids is 1. The molecule has 0 amide bonds. The van der Waals surface area contributed by atoms with Gasteiger partial charge in [-0.3, -0.25) is 0 Å². The first kappa shape index (κ1) is 44.3. The molecule has 0 fully saturated rings. The van der Waals surface area contributed by atoms with Crippen LogP contribution in [-0.4, -0.2) is 17.5 Å². The quantitative estimate of drug-likeness (QED) is 0.172. The number of halogens is 1. The third kappa shape index (κ3) is 49.5. The van der Waals surface area contributed by atoms with Crippen LogP contribution in [0.25, 0.3) is 0 Å². The first-order chi connectivity index (χ1) is 15.9. The first-order valence-electron chi connectivity index (χ1n) is 12.9. The maximum atomic E-state index is 11.6. The molecule has 0 aromatic rings. The lowest BCUT2D eigenvalue weighted by atomic mass is 9.85. The summed E-state index contributed by atoms with van der Waals surface area (Å²) in [5, 5.41) is 9.43. The fourth-order valence-corrected chi connectivity index (χ4v) is 1.87. The van der Waals surface area contributed by atoms with Crippen molar-refractivity contribution in [3.8, 4) is 0 Å². The third-order valence-corrected chi connectivity index (χ3v) is 3.26. The maximum Gasteiger partial charge on any atom is 0.123 e. The molecule has 0 rings (SSSR count). The van der Waals surface area contributed by atoms with Crippen molar-refractivity contribution in [2.75, 3.05) is 0 Å². The molecule has 0 heterocycles. The van der Waals surface area contributed by atoms with Gasteiger partial charge in [-0.25, -0.2) is 0 Å². The van der Waals surface area contributed by atoms with Crippen molar-refractivity contribution in [3.63, 3.8) is 0 Å². The van der Waals surface area contributed by atoms with Gasteiger partial charge in [-0.05, 0) is 60.0 Å². The Bertz CT molecular complexity index is 603. The van der Waals surface area contributed by atoms with E-state index in [-0.39, 0.29) is 10.8 Å². The number of hydrogen-bond acceptors (Lipinski definition) is 3. The molecule has 0 aromatic heterocycles. The molecule has 1 N–H and O–H groups in total. The number of aldehydes is 1. The highest BCUT2D eigenvalue weighted by molar-refractivity contribution is 5.51. The molecule has 0 spiro atoms. The van der Waals surface area contributed by atoms with Gasteiger partial charge in [0.05, 0.1) is 5.76 Å². The Morgan fingerprint density at radius 3 is 1.36 bits per heavy atom. The Morgan fingerprint density at radius 1 is 0.944 bits per heavy atom. The van der Waals surface area contributed by atoms with Crippen molar-refractivity contribution in [2.24, 2.45) is 22.2 Å². The van der Waals surface area contributed by atoms with Crippen molar-refractivity contribution >= 4 is 6.29 Å². The lowest BCUT2D eigenvalue weighted by Crippen LogP contribution is -2.24. The van der Waals surface area contributed by atoms with E-state index in [1.165, 1.54) is 11.6 Å². The van der Waals surface area contributed by atoms with E-state index in [2.05, 4.69) is 80.8 Å². The van der Waals surface area contributed by atoms with E-state index in [4.69, 9.17) is 0 Å². The number of rotatable bonds is 5. The van der Waals surface area contributed by atoms with Gasteiger partial charge in [0, 0.05) is 6.42 Å². The van der Waals surface area contributed by atoms with E-state index in [1.54, 1.807) is 6.92 Å². The van der Waals surface area contributed by atoms with Crippen molar-refractivity contribution in [3.05, 3.63) is 47.8 Å². The monoisotopic (exact) mass is 514 g/mol. The van der Waals surface area contributed by atoms with Crippen LogP contribution in [0.3, 0.4) is 0 Å². The molecule has 216 valence electrons. The lowest BCUT2D eigenvalue weighted by Gasteiger charge is -2.22. The van der Waals surface area contributed by atoms with Crippen molar-refractivity contribution in [1.29, 1.82) is 0 Å². The number of carbonyl (C=O) groups is 1. The van der Waals surface area contributed by atoms with E-state index < -0.39 is 6.10 Å². The highest BCUT2D eigenvalue weighted by atomic mass is 19.3. The van der Waals surface area contributed by atoms with Gasteiger partial charge < -0.3 is 9.90 Å². The van der Waals surface area contributed by atoms with Crippen LogP contribution in [0.15, 0.2) is 47.8 Å². The molecule has 0 aliphatic carbocycles. The van der Waals surface area contributed by atoms with Gasteiger partial charge in [0.25, 0.3) is 0 Å². The first-order valence-corrected chi connectivity index (χ1v) is 12.9. The molecule has 0 aliphatic rings. The third-order valence-electron chi connectivity index (χ3n) is 3.26. The topological polar surface area (TPSA) is 46.5 Å². The fraction of sp³-hybridized carbons (Fsp3) is 0.719. The second-order valence-corrected chi connectivity index (χ2v) is 13.3. The maximum absolute atomic E-state index is 11.6. The predicted octanol–water partition coefficient (Wildman–Crippen LogP) is 11.2. The molecule has 0 aromatic carbocycles. The van der Waals surface area contributed by atoms with Crippen LogP contribution in [-0.2, 0) is 9.74 Å². The van der Waals surface area contributed by atoms with Gasteiger partial charge >= 0.3 is 0 Å². The van der Waals surface area contributed by atoms with E-state index in [0.717, 1.165) is 17.8 Å². The van der Waals surface area contributed by atoms with Crippen molar-refractivity contribution in [1.82, 2.24) is 0 Å². The minimum Gasteiger partial charge on any atom is -0.512 e. The molecule has 3 nitrogen and oxygen atoms in total. The molecule has 0 aliphatic heterocycles. The zero-order valence-corrected chi connectivity index (χ0v) is 27.1. The Kier molecular flexibility index (Phi) is 29.2. The average molecular weight is 515 g/mol. The summed E-state index contributed by atoms with van der Waals surface area (Å²) in [5.41, 5.74) is 2.56. The summed E-state index contributed by atoms with van der Waals surface area (Å²) in [4.78, 5) is 13.2. The Morgan fingerprint density at radius 2 is 1.31 bits per heavy atom. The lowest BCUT2D eigenvalue weighted by molar-refractivity contribution is -0.190. The molecular weight excluding hydrogens is 451 g/mol. The Balaban J connectivity index is -0.000000118. The molecule has 0 saturated carbocycles. The fourth-order valence-electron chi connectivity index (χ4n) is 1.87. The van der Waals surface area contributed by atoms with Crippen molar-refractivity contribution < 1.29 is 19.4 Å². The summed E-state index contributed by atoms with van der Waals surface area (Å²) in [5.74, 6) is 1.25. The SMILES string of the molecule is C/C=C\CC=O.C=CC(OF)C(C)(C)C.CC(C)(C)C.CC(C)=C/C(=C(\C)O)C(C)(C)C.CC(C)C. The van der Waals surface area contributed by atoms with Crippen LogP contribution in [0.1, 0.15) is 124 Å². The number of allylic oxidation sites excluding steroid dienone is 6. The summed E-state index contributed by atoms with van der Waals surface area (Å²) in [6.07, 6.45) is 8.09. The Hall–Kier alpha value is -1.68. The smallest absolute Gasteiger partial charge is 0.123 e. The van der Waals surface area contributed by atoms with Crippen LogP contribution < -0.4 is 0 Å². The highest BCUT2D eigenvalue weighted by Crippen LogP contribution is 2.29. The molecule has 0 radical (unpaired) electrons. The minimum atomic E-state index is -0.502. The predicted molar refractivity (Wildman–Crippen MR) is 161 cm³/mol. The van der Waals surface area contributed by atoms with Crippen LogP contribution in [0, 0.1) is 22.2 Å². The van der Waals surface area contributed by atoms with Crippen LogP contribution in [0.4, 0.5) is 4.53 Å². The molecule has 0 bridgehead atoms. The minimum absolute atomic E-state index is 0.0239. The van der Waals surface area contributed by atoms with Crippen molar-refractivity contribution in [2.45, 2.75) is 130 Å². The summed E-state index contributed by atoms with van der Waals surface area (Å²) >= 11 is 0. The standard InChI is InChI=1S/C11H20O.C7H13FO.C5H8O.C5H12.C4H10/c1-8(2)7-10(9(3)12)11(4,5)6;1-5-6(9-8)7(2,3)4;1-2-3-4-5-6;1-5(2,3)4;1-4(2)3/h7,12H,1-6H3;5-6H,1H2,2-4H3;2-3,5H,4H2,1H3;1-4H3;4H,1-3H3/b10-9-;;3-2-;;. The van der Waals surface area contributed by atoms with Crippen LogP contribution >= 0.6 is 0 Å². The average Bonchev–Trinajstić information content (AvgIpc) is 2.62. The molecule has 0 saturated heterocycles. The van der Waals surface area contributed by atoms with Gasteiger partial charge in [0.15, 0.2) is 0 Å². The van der Waals surface area contributed by atoms with Crippen LogP contribution in [0.5, 0.6) is 0 Å². The van der Waals surface area contributed by atoms with E-state index in [0.29, 0.717) is 17.6 Å². The summed E-state index contributed by atoms with van der Waals surface area (Å²) < 4.78 is 11.6. The van der Waals surface area contributed by atoms with E-state index in [9.17, 15) is 14.4 Å². The zero-order valence-electron chi connectivity index (χ0n) is 27.1. The summed E-state index contributed by atoms with van der Waals surface area (Å²) in [6.45, 7) is 38.3. The van der Waals surface area contributed by atoms with Gasteiger partial charge in [-0.15, -0.1) is 6.58 Å². The van der Waals surface area contributed by atoms with Gasteiger partial charge in [0.2, 0.25) is 0 Å². The Labute approximate surface area is 225 Å². The normalized spacial score (nSPS) is 12.6. The molecule has 36 heavy (non-hydrogen) atoms. The zero-order chi connectivity index (χ0) is 30.3. The molecule has 1 unspecified atom stereocenters. The molecule has 4 heteroatoms. The number of aliphatic hydroxyl groups is 1. The van der Waals surface area contributed by atoms with Gasteiger partial charge in [-0.1, -0.05) is 120 Å².